The van der Waals surface area contributed by atoms with Crippen LogP contribution in [0.4, 0.5) is 11.4 Å². The molecule has 0 radical (unpaired) electrons. The van der Waals surface area contributed by atoms with Gasteiger partial charge in [0.15, 0.2) is 5.65 Å². The van der Waals surface area contributed by atoms with Crippen molar-refractivity contribution in [3.05, 3.63) is 58.6 Å². The molecule has 2 amide bonds. The highest BCUT2D eigenvalue weighted by molar-refractivity contribution is 7.92. The van der Waals surface area contributed by atoms with Gasteiger partial charge < -0.3 is 10.6 Å². The predicted octanol–water partition coefficient (Wildman–Crippen LogP) is 1.93. The van der Waals surface area contributed by atoms with E-state index in [1.807, 2.05) is 0 Å². The molecule has 0 saturated heterocycles. The number of anilines is 2. The zero-order valence-corrected chi connectivity index (χ0v) is 19.9. The molecule has 0 spiro atoms. The molecule has 1 atom stereocenters. The Balaban J connectivity index is 1.44. The van der Waals surface area contributed by atoms with Crippen LogP contribution in [0.2, 0.25) is 0 Å². The van der Waals surface area contributed by atoms with E-state index in [2.05, 4.69) is 35.4 Å². The smallest absolute Gasteiger partial charge is 0.271 e. The summed E-state index contributed by atoms with van der Waals surface area (Å²) in [5, 5.41) is 10.7. The van der Waals surface area contributed by atoms with Gasteiger partial charge in [-0.2, -0.15) is 5.10 Å². The van der Waals surface area contributed by atoms with Crippen molar-refractivity contribution in [3.63, 3.8) is 0 Å². The molecule has 176 valence electrons. The van der Waals surface area contributed by atoms with Gasteiger partial charge in [-0.15, -0.1) is 11.3 Å². The number of benzene rings is 1. The second kappa shape index (κ2) is 9.15. The van der Waals surface area contributed by atoms with E-state index in [4.69, 9.17) is 0 Å². The fourth-order valence-electron chi connectivity index (χ4n) is 3.13. The molecule has 12 nitrogen and oxygen atoms in total. The number of carbonyl (C=O) groups is 2. The first-order valence-electron chi connectivity index (χ1n) is 9.89. The van der Waals surface area contributed by atoms with E-state index in [1.54, 1.807) is 36.9 Å². The Morgan fingerprint density at radius 2 is 1.85 bits per heavy atom. The molecule has 14 heteroatoms. The number of aromatic nitrogens is 5. The molecule has 0 aliphatic rings. The Bertz CT molecular complexity index is 1500. The number of hydrogen-bond donors (Lipinski definition) is 3. The van der Waals surface area contributed by atoms with Gasteiger partial charge in [-0.1, -0.05) is 6.07 Å². The summed E-state index contributed by atoms with van der Waals surface area (Å²) in [6.07, 6.45) is 5.29. The van der Waals surface area contributed by atoms with Crippen LogP contribution in [0.15, 0.2) is 43.0 Å². The molecule has 0 saturated carbocycles. The number of sulfonamides is 1. The number of hydrogen-bond acceptors (Lipinski definition) is 9. The number of aryl methyl sites for hydroxylation is 1. The van der Waals surface area contributed by atoms with Gasteiger partial charge in [-0.25, -0.2) is 23.4 Å². The maximum Gasteiger partial charge on any atom is 0.271 e. The molecule has 4 rings (SSSR count). The minimum absolute atomic E-state index is 0.196. The molecule has 3 N–H and O–H groups in total. The fraction of sp³-hybridized carbons (Fsp3) is 0.200. The lowest BCUT2D eigenvalue weighted by Crippen LogP contribution is -2.27. The average Bonchev–Trinajstić information content (AvgIpc) is 3.40. The van der Waals surface area contributed by atoms with Gasteiger partial charge in [0.25, 0.3) is 11.8 Å². The summed E-state index contributed by atoms with van der Waals surface area (Å²) in [5.74, 6) is -0.823. The minimum atomic E-state index is -3.44. The van der Waals surface area contributed by atoms with Crippen molar-refractivity contribution in [2.75, 3.05) is 16.3 Å². The monoisotopic (exact) mass is 500 g/mol. The van der Waals surface area contributed by atoms with Crippen LogP contribution < -0.4 is 15.4 Å². The molecular formula is C20H20N8O4S2. The summed E-state index contributed by atoms with van der Waals surface area (Å²) in [7, 11) is -1.72. The maximum absolute atomic E-state index is 12.8. The Morgan fingerprint density at radius 1 is 1.09 bits per heavy atom. The summed E-state index contributed by atoms with van der Waals surface area (Å²) in [4.78, 5) is 38.2. The first-order valence-corrected chi connectivity index (χ1v) is 12.6. The van der Waals surface area contributed by atoms with Gasteiger partial charge in [0.1, 0.15) is 21.9 Å². The van der Waals surface area contributed by atoms with Crippen molar-refractivity contribution in [3.8, 4) is 0 Å². The summed E-state index contributed by atoms with van der Waals surface area (Å²) < 4.78 is 26.7. The van der Waals surface area contributed by atoms with E-state index in [9.17, 15) is 18.0 Å². The first kappa shape index (κ1) is 23.3. The van der Waals surface area contributed by atoms with E-state index in [-0.39, 0.29) is 5.69 Å². The van der Waals surface area contributed by atoms with Crippen LogP contribution >= 0.6 is 11.3 Å². The number of thiazole rings is 1. The molecule has 0 aliphatic heterocycles. The first-order chi connectivity index (χ1) is 16.1. The van der Waals surface area contributed by atoms with Gasteiger partial charge >= 0.3 is 0 Å². The number of fused-ring (bicyclic) bond motifs is 1. The van der Waals surface area contributed by atoms with E-state index in [1.165, 1.54) is 24.8 Å². The van der Waals surface area contributed by atoms with Crippen molar-refractivity contribution in [2.45, 2.75) is 13.0 Å². The van der Waals surface area contributed by atoms with Gasteiger partial charge in [0.05, 0.1) is 35.8 Å². The highest BCUT2D eigenvalue weighted by Gasteiger charge is 2.20. The van der Waals surface area contributed by atoms with Crippen LogP contribution in [-0.4, -0.2) is 51.2 Å². The largest absolute Gasteiger partial charge is 0.342 e. The van der Waals surface area contributed by atoms with Gasteiger partial charge in [0.2, 0.25) is 10.0 Å². The summed E-state index contributed by atoms with van der Waals surface area (Å²) >= 11 is 1.13. The molecule has 3 heterocycles. The second-order valence-electron chi connectivity index (χ2n) is 7.39. The Morgan fingerprint density at radius 3 is 2.62 bits per heavy atom. The van der Waals surface area contributed by atoms with E-state index in [0.717, 1.165) is 17.6 Å². The van der Waals surface area contributed by atoms with Gasteiger partial charge in [-0.05, 0) is 25.1 Å². The molecule has 3 aromatic heterocycles. The van der Waals surface area contributed by atoms with Crippen molar-refractivity contribution < 1.29 is 18.0 Å². The standard InChI is InChI=1S/C20H20N8O4S2/c1-11(25-19(30)16-14-8-24-28(2)17(14)23-10-22-16)20-21-9-15(33-20)18(29)26-12-5-4-6-13(7-12)27-34(3,31)32/h4-11,27H,1-3H3,(H,25,30)(H,26,29). The molecular weight excluding hydrogens is 480 g/mol. The number of nitrogens with one attached hydrogen (secondary N) is 3. The Kier molecular flexibility index (Phi) is 6.26. The van der Waals surface area contributed by atoms with Crippen LogP contribution in [-0.2, 0) is 17.1 Å². The average molecular weight is 501 g/mol. The lowest BCUT2D eigenvalue weighted by Gasteiger charge is -2.11. The number of amides is 2. The van der Waals surface area contributed by atoms with E-state index >= 15 is 0 Å². The van der Waals surface area contributed by atoms with Crippen LogP contribution in [0.5, 0.6) is 0 Å². The van der Waals surface area contributed by atoms with Crippen molar-refractivity contribution in [2.24, 2.45) is 7.05 Å². The molecule has 4 aromatic rings. The molecule has 0 bridgehead atoms. The quantitative estimate of drug-likeness (QED) is 0.347. The molecule has 0 aliphatic carbocycles. The third-order valence-electron chi connectivity index (χ3n) is 4.63. The summed E-state index contributed by atoms with van der Waals surface area (Å²) in [6.45, 7) is 1.75. The van der Waals surface area contributed by atoms with Gasteiger partial charge in [-0.3, -0.25) is 19.0 Å². The predicted molar refractivity (Wildman–Crippen MR) is 127 cm³/mol. The Labute approximate surface area is 198 Å². The molecule has 34 heavy (non-hydrogen) atoms. The van der Waals surface area contributed by atoms with Crippen LogP contribution in [0.3, 0.4) is 0 Å². The SMILES string of the molecule is CC(NC(=O)c1ncnc2c1cnn2C)c1ncc(C(=O)Nc2cccc(NS(C)(=O)=O)c2)s1. The zero-order valence-electron chi connectivity index (χ0n) is 18.3. The van der Waals surface area contributed by atoms with Crippen LogP contribution in [0.25, 0.3) is 11.0 Å². The fourth-order valence-corrected chi connectivity index (χ4v) is 4.50. The lowest BCUT2D eigenvalue weighted by atomic mass is 10.2. The number of rotatable bonds is 7. The highest BCUT2D eigenvalue weighted by atomic mass is 32.2. The lowest BCUT2D eigenvalue weighted by molar-refractivity contribution is 0.0935. The summed E-state index contributed by atoms with van der Waals surface area (Å²) in [5.41, 5.74) is 1.48. The topological polar surface area (TPSA) is 161 Å². The highest BCUT2D eigenvalue weighted by Crippen LogP contribution is 2.23. The van der Waals surface area contributed by atoms with Crippen molar-refractivity contribution in [1.82, 2.24) is 30.0 Å². The number of carbonyl (C=O) groups excluding carboxylic acids is 2. The second-order valence-corrected chi connectivity index (χ2v) is 10.2. The van der Waals surface area contributed by atoms with Crippen LogP contribution in [0.1, 0.15) is 38.1 Å². The van der Waals surface area contributed by atoms with Gasteiger partial charge in [0, 0.05) is 12.7 Å². The normalized spacial score (nSPS) is 12.3. The zero-order chi connectivity index (χ0) is 24.5. The van der Waals surface area contributed by atoms with Crippen molar-refractivity contribution in [1.29, 1.82) is 0 Å². The molecule has 1 aromatic carbocycles. The molecule has 1 unspecified atom stereocenters. The number of nitrogens with zero attached hydrogens (tertiary/aromatic N) is 5. The Hall–Kier alpha value is -3.91. The third kappa shape index (κ3) is 5.18. The van der Waals surface area contributed by atoms with Crippen LogP contribution in [0, 0.1) is 0 Å². The summed E-state index contributed by atoms with van der Waals surface area (Å²) in [6, 6.07) is 5.85. The molecule has 0 fully saturated rings. The van der Waals surface area contributed by atoms with E-state index < -0.39 is 27.9 Å². The third-order valence-corrected chi connectivity index (χ3v) is 6.42. The minimum Gasteiger partial charge on any atom is -0.342 e. The van der Waals surface area contributed by atoms with E-state index in [0.29, 0.717) is 32.3 Å². The van der Waals surface area contributed by atoms with Crippen molar-refractivity contribution >= 4 is 55.6 Å². The maximum atomic E-state index is 12.8.